The molecule has 0 saturated carbocycles. The number of aryl methyl sites for hydroxylation is 1. The Balaban J connectivity index is 1.83. The molecule has 3 rings (SSSR count). The molecule has 2 aromatic rings. The van der Waals surface area contributed by atoms with E-state index < -0.39 is 42.0 Å². The van der Waals surface area contributed by atoms with E-state index in [1.54, 1.807) is 23.0 Å². The summed E-state index contributed by atoms with van der Waals surface area (Å²) in [5.41, 5.74) is 1.22. The average molecular weight is 600 g/mol. The summed E-state index contributed by atoms with van der Waals surface area (Å²) in [5.74, 6) is -2.23. The van der Waals surface area contributed by atoms with Gasteiger partial charge in [-0.2, -0.15) is 0 Å². The molecule has 0 unspecified atom stereocenters. The minimum atomic E-state index is -1.14. The minimum Gasteiger partial charge on any atom is -0.467 e. The second-order valence-corrected chi connectivity index (χ2v) is 10.8. The lowest BCUT2D eigenvalue weighted by Crippen LogP contribution is -2.56. The summed E-state index contributed by atoms with van der Waals surface area (Å²) in [6, 6.07) is 5.82. The van der Waals surface area contributed by atoms with Crippen LogP contribution < -0.4 is 21.3 Å². The summed E-state index contributed by atoms with van der Waals surface area (Å²) in [4.78, 5) is 64.5. The standard InChI is InChI=1S/C29H41N7O7/c1-19(2)15-23-26(38)31-22(28(40)42-3)11-12-25(37)30-13-7-8-14-36-17-21(34-35-36)16-24(27(39)32-23)33-29(41)43-18-20-9-5-4-6-10-20/h4-6,9-10,17,19,22-24H,7-8,11-16,18H2,1-3H3,(H,30,37)(H,31,38)(H,32,39)(H,33,41)/t22-,23-,24-/m0/s1. The van der Waals surface area contributed by atoms with Gasteiger partial charge in [0.05, 0.1) is 12.8 Å². The summed E-state index contributed by atoms with van der Waals surface area (Å²) in [6.45, 7) is 4.73. The van der Waals surface area contributed by atoms with Crippen molar-refractivity contribution in [2.24, 2.45) is 5.92 Å². The molecule has 0 spiro atoms. The van der Waals surface area contributed by atoms with E-state index in [-0.39, 0.29) is 44.1 Å². The first-order chi connectivity index (χ1) is 20.6. The van der Waals surface area contributed by atoms with Crippen molar-refractivity contribution in [3.05, 3.63) is 47.8 Å². The predicted octanol–water partition coefficient (Wildman–Crippen LogP) is 0.995. The van der Waals surface area contributed by atoms with Gasteiger partial charge in [0.25, 0.3) is 0 Å². The van der Waals surface area contributed by atoms with Gasteiger partial charge < -0.3 is 30.7 Å². The molecule has 43 heavy (non-hydrogen) atoms. The third-order valence-corrected chi connectivity index (χ3v) is 6.76. The Bertz CT molecular complexity index is 1230. The van der Waals surface area contributed by atoms with Crippen molar-refractivity contribution < 1.29 is 33.4 Å². The fourth-order valence-electron chi connectivity index (χ4n) is 4.50. The van der Waals surface area contributed by atoms with Crippen LogP contribution in [0.2, 0.25) is 0 Å². The van der Waals surface area contributed by atoms with E-state index in [1.165, 1.54) is 7.11 Å². The Labute approximate surface area is 250 Å². The van der Waals surface area contributed by atoms with Crippen LogP contribution in [0.3, 0.4) is 0 Å². The number of benzene rings is 1. The smallest absolute Gasteiger partial charge is 0.408 e. The van der Waals surface area contributed by atoms with Gasteiger partial charge in [0.2, 0.25) is 17.7 Å². The van der Waals surface area contributed by atoms with Crippen molar-refractivity contribution in [3.8, 4) is 0 Å². The first-order valence-electron chi connectivity index (χ1n) is 14.5. The van der Waals surface area contributed by atoms with Crippen molar-refractivity contribution in [3.63, 3.8) is 0 Å². The maximum Gasteiger partial charge on any atom is 0.408 e. The highest BCUT2D eigenvalue weighted by Gasteiger charge is 2.31. The molecule has 4 amide bonds. The van der Waals surface area contributed by atoms with E-state index in [1.807, 2.05) is 32.0 Å². The van der Waals surface area contributed by atoms with Gasteiger partial charge in [0.15, 0.2) is 0 Å². The number of nitrogens with one attached hydrogen (secondary N) is 4. The van der Waals surface area contributed by atoms with Gasteiger partial charge in [0, 0.05) is 32.1 Å². The molecule has 1 aliphatic heterocycles. The van der Waals surface area contributed by atoms with Crippen LogP contribution in [0, 0.1) is 5.92 Å². The molecule has 2 heterocycles. The summed E-state index contributed by atoms with van der Waals surface area (Å²) in [7, 11) is 1.19. The molecule has 4 N–H and O–H groups in total. The summed E-state index contributed by atoms with van der Waals surface area (Å²) < 4.78 is 11.8. The molecule has 14 heteroatoms. The number of fused-ring (bicyclic) bond motifs is 2. The summed E-state index contributed by atoms with van der Waals surface area (Å²) in [5, 5.41) is 19.0. The number of hydrogen-bond donors (Lipinski definition) is 4. The Kier molecular flexibility index (Phi) is 12.9. The van der Waals surface area contributed by atoms with Crippen LogP contribution in [0.1, 0.15) is 57.2 Å². The van der Waals surface area contributed by atoms with E-state index in [9.17, 15) is 24.0 Å². The number of aromatic nitrogens is 3. The Morgan fingerprint density at radius 3 is 2.58 bits per heavy atom. The van der Waals surface area contributed by atoms with Gasteiger partial charge in [-0.15, -0.1) is 5.10 Å². The first-order valence-corrected chi connectivity index (χ1v) is 14.5. The predicted molar refractivity (Wildman–Crippen MR) is 154 cm³/mol. The average Bonchev–Trinajstić information content (AvgIpc) is 3.43. The topological polar surface area (TPSA) is 183 Å². The van der Waals surface area contributed by atoms with E-state index >= 15 is 0 Å². The first kappa shape index (κ1) is 33.0. The number of amides is 4. The van der Waals surface area contributed by atoms with Crippen LogP contribution in [0.15, 0.2) is 36.5 Å². The number of carbonyl (C=O) groups is 5. The van der Waals surface area contributed by atoms with Crippen molar-refractivity contribution in [2.75, 3.05) is 13.7 Å². The number of alkyl carbamates (subject to hydrolysis) is 1. The largest absolute Gasteiger partial charge is 0.467 e. The van der Waals surface area contributed by atoms with Gasteiger partial charge in [-0.05, 0) is 37.2 Å². The molecule has 3 atom stereocenters. The molecule has 1 aromatic heterocycles. The molecule has 1 aliphatic rings. The number of carbonyl (C=O) groups excluding carboxylic acids is 5. The molecule has 2 bridgehead atoms. The lowest BCUT2D eigenvalue weighted by Gasteiger charge is -2.25. The number of methoxy groups -OCH3 is 1. The molecule has 234 valence electrons. The van der Waals surface area contributed by atoms with Crippen molar-refractivity contribution in [1.29, 1.82) is 0 Å². The molecule has 14 nitrogen and oxygen atoms in total. The zero-order chi connectivity index (χ0) is 31.2. The highest BCUT2D eigenvalue weighted by molar-refractivity contribution is 5.93. The van der Waals surface area contributed by atoms with Gasteiger partial charge in [0.1, 0.15) is 24.7 Å². The third-order valence-electron chi connectivity index (χ3n) is 6.76. The van der Waals surface area contributed by atoms with Crippen LogP contribution in [0.25, 0.3) is 0 Å². The number of hydrogen-bond acceptors (Lipinski definition) is 9. The van der Waals surface area contributed by atoms with Crippen LogP contribution in [-0.4, -0.2) is 76.6 Å². The molecular formula is C29H41N7O7. The zero-order valence-electron chi connectivity index (χ0n) is 24.8. The molecule has 0 radical (unpaired) electrons. The van der Waals surface area contributed by atoms with Gasteiger partial charge in [-0.25, -0.2) is 9.59 Å². The summed E-state index contributed by atoms with van der Waals surface area (Å²) in [6.07, 6.45) is 2.49. The van der Waals surface area contributed by atoms with Crippen molar-refractivity contribution >= 4 is 29.8 Å². The lowest BCUT2D eigenvalue weighted by molar-refractivity contribution is -0.145. The van der Waals surface area contributed by atoms with E-state index in [4.69, 9.17) is 9.47 Å². The molecular weight excluding hydrogens is 558 g/mol. The lowest BCUT2D eigenvalue weighted by atomic mass is 10.0. The maximum absolute atomic E-state index is 13.6. The Hall–Kier alpha value is -4.49. The van der Waals surface area contributed by atoms with Gasteiger partial charge in [-0.3, -0.25) is 19.1 Å². The molecule has 0 fully saturated rings. The monoisotopic (exact) mass is 599 g/mol. The fraction of sp³-hybridized carbons (Fsp3) is 0.552. The highest BCUT2D eigenvalue weighted by atomic mass is 16.5. The number of esters is 1. The Morgan fingerprint density at radius 1 is 1.09 bits per heavy atom. The number of rotatable bonds is 6. The minimum absolute atomic E-state index is 0.00184. The highest BCUT2D eigenvalue weighted by Crippen LogP contribution is 2.10. The van der Waals surface area contributed by atoms with Crippen LogP contribution in [0.4, 0.5) is 4.79 Å². The maximum atomic E-state index is 13.6. The quantitative estimate of drug-likeness (QED) is 0.352. The van der Waals surface area contributed by atoms with Crippen molar-refractivity contribution in [2.45, 2.75) is 83.6 Å². The van der Waals surface area contributed by atoms with Crippen LogP contribution in [-0.2, 0) is 48.2 Å². The van der Waals surface area contributed by atoms with Crippen LogP contribution in [0.5, 0.6) is 0 Å². The zero-order valence-corrected chi connectivity index (χ0v) is 24.8. The normalized spacial score (nSPS) is 20.8. The van der Waals surface area contributed by atoms with Crippen molar-refractivity contribution in [1.82, 2.24) is 36.3 Å². The second kappa shape index (κ2) is 16.8. The number of ether oxygens (including phenoxy) is 2. The fourth-order valence-corrected chi connectivity index (χ4v) is 4.50. The summed E-state index contributed by atoms with van der Waals surface area (Å²) >= 11 is 0. The van der Waals surface area contributed by atoms with Gasteiger partial charge >= 0.3 is 12.1 Å². The second-order valence-electron chi connectivity index (χ2n) is 10.8. The molecule has 1 aromatic carbocycles. The Morgan fingerprint density at radius 2 is 1.86 bits per heavy atom. The molecule has 0 saturated heterocycles. The van der Waals surface area contributed by atoms with Crippen LogP contribution >= 0.6 is 0 Å². The molecule has 0 aliphatic carbocycles. The van der Waals surface area contributed by atoms with E-state index in [2.05, 4.69) is 31.6 Å². The third kappa shape index (κ3) is 11.4. The number of nitrogens with zero attached hydrogens (tertiary/aromatic N) is 3. The SMILES string of the molecule is COC(=O)[C@@H]1CCC(=O)NCCCCn2cc(nn2)C[C@H](NC(=O)OCc2ccccc2)C(=O)N[C@@H](CC(C)C)C(=O)N1. The van der Waals surface area contributed by atoms with E-state index in [0.717, 1.165) is 5.56 Å². The van der Waals surface area contributed by atoms with Gasteiger partial charge in [-0.1, -0.05) is 49.4 Å². The van der Waals surface area contributed by atoms with E-state index in [0.29, 0.717) is 31.6 Å².